The van der Waals surface area contributed by atoms with Crippen LogP contribution in [-0.4, -0.2) is 82.8 Å². The van der Waals surface area contributed by atoms with Crippen LogP contribution in [0.4, 0.5) is 8.78 Å². The van der Waals surface area contributed by atoms with Gasteiger partial charge >= 0.3 is 0 Å². The third kappa shape index (κ3) is 6.47. The fourth-order valence-corrected chi connectivity index (χ4v) is 4.93. The van der Waals surface area contributed by atoms with Crippen molar-refractivity contribution in [1.82, 2.24) is 30.4 Å². The third-order valence-electron chi connectivity index (χ3n) is 7.06. The number of likely N-dealkylation sites (tertiary alicyclic amines) is 1. The van der Waals surface area contributed by atoms with Gasteiger partial charge in [-0.15, -0.1) is 0 Å². The fourth-order valence-electron chi connectivity index (χ4n) is 4.93. The maximum Gasteiger partial charge on any atom is 0.268 e. The Morgan fingerprint density at radius 1 is 1.12 bits per heavy atom. The molecule has 0 saturated carbocycles. The second-order valence-electron chi connectivity index (χ2n) is 9.99. The molecule has 2 N–H and O–H groups in total. The van der Waals surface area contributed by atoms with Gasteiger partial charge in [-0.25, -0.2) is 8.78 Å². The van der Waals surface area contributed by atoms with Crippen LogP contribution in [0.3, 0.4) is 0 Å². The molecule has 9 nitrogen and oxygen atoms in total. The molecule has 2 amide bonds. The summed E-state index contributed by atoms with van der Waals surface area (Å²) in [5, 5.41) is 15.6. The van der Waals surface area contributed by atoms with Crippen molar-refractivity contribution >= 4 is 34.9 Å². The monoisotopic (exact) mass is 545 g/mol. The summed E-state index contributed by atoms with van der Waals surface area (Å²) in [5.74, 6) is -4.38. The standard InChI is InChI=1S/C29H29F2N7O2/c30-29(31)14-23(15-32)38(19-29)27(39)17-36-28(40)24-7-8-34-26-6-4-20(13-25(24)26)1-2-21-3-5-22(35-16-21)18-37-11-9-33-10-12-37/h1-8,13,16,23,33H,9-12,14,17-19H2,(H,36,40)/b2-1+/t23-/m0/s1. The molecule has 0 aliphatic carbocycles. The van der Waals surface area contributed by atoms with Gasteiger partial charge in [-0.3, -0.25) is 24.5 Å². The number of rotatable bonds is 7. The average Bonchev–Trinajstić information content (AvgIpc) is 3.30. The van der Waals surface area contributed by atoms with Gasteiger partial charge < -0.3 is 15.5 Å². The van der Waals surface area contributed by atoms with Gasteiger partial charge in [-0.05, 0) is 35.4 Å². The van der Waals surface area contributed by atoms with Gasteiger partial charge in [-0.2, -0.15) is 5.26 Å². The lowest BCUT2D eigenvalue weighted by molar-refractivity contribution is -0.131. The number of hydrogen-bond donors (Lipinski definition) is 2. The van der Waals surface area contributed by atoms with E-state index in [-0.39, 0.29) is 0 Å². The molecule has 2 saturated heterocycles. The minimum atomic E-state index is -3.12. The first-order valence-electron chi connectivity index (χ1n) is 13.1. The van der Waals surface area contributed by atoms with Gasteiger partial charge in [0.25, 0.3) is 11.8 Å². The molecule has 40 heavy (non-hydrogen) atoms. The molecule has 5 rings (SSSR count). The van der Waals surface area contributed by atoms with Crippen molar-refractivity contribution < 1.29 is 18.4 Å². The Bertz CT molecular complexity index is 1460. The summed E-state index contributed by atoms with van der Waals surface area (Å²) in [4.78, 5) is 37.6. The Kier molecular flexibility index (Phi) is 8.09. The van der Waals surface area contributed by atoms with Gasteiger partial charge in [0.05, 0.1) is 35.9 Å². The summed E-state index contributed by atoms with van der Waals surface area (Å²) in [7, 11) is 0. The van der Waals surface area contributed by atoms with Crippen molar-refractivity contribution in [2.45, 2.75) is 24.9 Å². The highest BCUT2D eigenvalue weighted by Crippen LogP contribution is 2.31. The lowest BCUT2D eigenvalue weighted by Gasteiger charge is -2.26. The Morgan fingerprint density at radius 3 is 2.65 bits per heavy atom. The van der Waals surface area contributed by atoms with Crippen LogP contribution in [0, 0.1) is 11.3 Å². The van der Waals surface area contributed by atoms with Gasteiger partial charge in [0.2, 0.25) is 5.91 Å². The maximum absolute atomic E-state index is 13.7. The number of aromatic nitrogens is 2. The summed E-state index contributed by atoms with van der Waals surface area (Å²) in [6.45, 7) is 3.50. The third-order valence-corrected chi connectivity index (χ3v) is 7.06. The highest BCUT2D eigenvalue weighted by molar-refractivity contribution is 6.07. The van der Waals surface area contributed by atoms with Crippen LogP contribution in [-0.2, 0) is 11.3 Å². The minimum Gasteiger partial charge on any atom is -0.343 e. The molecule has 0 bridgehead atoms. The summed E-state index contributed by atoms with van der Waals surface area (Å²) < 4.78 is 27.4. The maximum atomic E-state index is 13.7. The average molecular weight is 546 g/mol. The van der Waals surface area contributed by atoms with Crippen LogP contribution in [0.25, 0.3) is 23.1 Å². The van der Waals surface area contributed by atoms with Crippen LogP contribution in [0.1, 0.15) is 33.6 Å². The van der Waals surface area contributed by atoms with Gasteiger partial charge in [0, 0.05) is 56.9 Å². The first kappa shape index (κ1) is 27.3. The number of benzene rings is 1. The van der Waals surface area contributed by atoms with E-state index in [2.05, 4.69) is 25.5 Å². The molecular weight excluding hydrogens is 516 g/mol. The zero-order chi connectivity index (χ0) is 28.1. The van der Waals surface area contributed by atoms with E-state index >= 15 is 0 Å². The number of nitrogens with zero attached hydrogens (tertiary/aromatic N) is 5. The topological polar surface area (TPSA) is 114 Å². The molecular formula is C29H29F2N7O2. The largest absolute Gasteiger partial charge is 0.343 e. The van der Waals surface area contributed by atoms with E-state index in [1.54, 1.807) is 18.2 Å². The van der Waals surface area contributed by atoms with Crippen LogP contribution in [0.2, 0.25) is 0 Å². The molecule has 2 fully saturated rings. The van der Waals surface area contributed by atoms with Crippen molar-refractivity contribution in [2.75, 3.05) is 39.3 Å². The van der Waals surface area contributed by atoms with E-state index in [0.717, 1.165) is 54.4 Å². The van der Waals surface area contributed by atoms with Crippen molar-refractivity contribution in [3.05, 3.63) is 71.2 Å². The predicted molar refractivity (Wildman–Crippen MR) is 146 cm³/mol. The zero-order valence-corrected chi connectivity index (χ0v) is 21.8. The molecule has 2 aliphatic heterocycles. The molecule has 1 aromatic carbocycles. The van der Waals surface area contributed by atoms with Crippen molar-refractivity contribution in [1.29, 1.82) is 5.26 Å². The molecule has 4 heterocycles. The van der Waals surface area contributed by atoms with E-state index in [1.165, 1.54) is 6.20 Å². The Morgan fingerprint density at radius 2 is 1.90 bits per heavy atom. The molecule has 3 aromatic rings. The van der Waals surface area contributed by atoms with Gasteiger partial charge in [-0.1, -0.05) is 24.3 Å². The second kappa shape index (κ2) is 11.9. The van der Waals surface area contributed by atoms with Crippen molar-refractivity contribution in [2.24, 2.45) is 0 Å². The Labute approximate surface area is 230 Å². The fraction of sp³-hybridized carbons (Fsp3) is 0.345. The van der Waals surface area contributed by atoms with Crippen LogP contribution >= 0.6 is 0 Å². The summed E-state index contributed by atoms with van der Waals surface area (Å²) in [5.41, 5.74) is 3.70. The number of nitrogens with one attached hydrogen (secondary N) is 2. The molecule has 206 valence electrons. The SMILES string of the molecule is N#C[C@@H]1CC(F)(F)CN1C(=O)CNC(=O)c1ccnc2ccc(/C=C/c3ccc(CN4CCNCC4)nc3)cc12. The highest BCUT2D eigenvalue weighted by Gasteiger charge is 2.47. The molecule has 0 radical (unpaired) electrons. The zero-order valence-electron chi connectivity index (χ0n) is 21.8. The molecule has 2 aliphatic rings. The highest BCUT2D eigenvalue weighted by atomic mass is 19.3. The minimum absolute atomic E-state index is 0.301. The first-order valence-corrected chi connectivity index (χ1v) is 13.1. The molecule has 1 atom stereocenters. The first-order chi connectivity index (χ1) is 19.3. The Balaban J connectivity index is 1.25. The summed E-state index contributed by atoms with van der Waals surface area (Å²) in [6.07, 6.45) is 6.48. The normalized spacial score (nSPS) is 19.1. The Hall–Kier alpha value is -4.27. The van der Waals surface area contributed by atoms with Crippen LogP contribution in [0.15, 0.2) is 48.8 Å². The van der Waals surface area contributed by atoms with Crippen molar-refractivity contribution in [3.8, 4) is 6.07 Å². The summed E-state index contributed by atoms with van der Waals surface area (Å²) in [6, 6.07) is 11.6. The predicted octanol–water partition coefficient (Wildman–Crippen LogP) is 2.69. The number of nitriles is 1. The second-order valence-corrected chi connectivity index (χ2v) is 9.99. The van der Waals surface area contributed by atoms with E-state index in [4.69, 9.17) is 5.26 Å². The van der Waals surface area contributed by atoms with E-state index in [9.17, 15) is 18.4 Å². The number of hydrogen-bond acceptors (Lipinski definition) is 7. The number of halogens is 2. The van der Waals surface area contributed by atoms with E-state index < -0.39 is 43.3 Å². The number of piperazine rings is 1. The van der Waals surface area contributed by atoms with Crippen LogP contribution < -0.4 is 10.6 Å². The number of fused-ring (bicyclic) bond motifs is 1. The number of pyridine rings is 2. The lowest BCUT2D eigenvalue weighted by Crippen LogP contribution is -2.43. The molecule has 2 aromatic heterocycles. The lowest BCUT2D eigenvalue weighted by atomic mass is 10.0. The smallest absolute Gasteiger partial charge is 0.268 e. The quantitative estimate of drug-likeness (QED) is 0.469. The number of amides is 2. The molecule has 11 heteroatoms. The van der Waals surface area contributed by atoms with E-state index in [0.29, 0.717) is 16.5 Å². The number of carbonyl (C=O) groups excluding carboxylic acids is 2. The molecule has 0 spiro atoms. The van der Waals surface area contributed by atoms with Crippen LogP contribution in [0.5, 0.6) is 0 Å². The number of carbonyl (C=O) groups is 2. The van der Waals surface area contributed by atoms with Gasteiger partial charge in [0.15, 0.2) is 0 Å². The van der Waals surface area contributed by atoms with E-state index in [1.807, 2.05) is 42.6 Å². The van der Waals surface area contributed by atoms with Crippen molar-refractivity contribution in [3.63, 3.8) is 0 Å². The number of alkyl halides is 2. The van der Waals surface area contributed by atoms with Gasteiger partial charge in [0.1, 0.15) is 6.04 Å². The summed E-state index contributed by atoms with van der Waals surface area (Å²) >= 11 is 0. The molecule has 0 unspecified atom stereocenters.